The average Bonchev–Trinajstić information content (AvgIpc) is 3.62. The lowest BCUT2D eigenvalue weighted by Gasteiger charge is -2.23. The molecule has 7 heteroatoms. The van der Waals surface area contributed by atoms with Gasteiger partial charge in [0.2, 0.25) is 0 Å². The minimum absolute atomic E-state index is 0.0671. The van der Waals surface area contributed by atoms with Crippen molar-refractivity contribution in [2.45, 2.75) is 26.1 Å². The van der Waals surface area contributed by atoms with Gasteiger partial charge in [-0.1, -0.05) is 35.9 Å². The number of benzene rings is 2. The van der Waals surface area contributed by atoms with Crippen molar-refractivity contribution in [1.29, 1.82) is 0 Å². The van der Waals surface area contributed by atoms with E-state index in [9.17, 15) is 14.7 Å². The molecule has 1 aliphatic heterocycles. The third-order valence-corrected chi connectivity index (χ3v) is 6.80. The number of carbonyl (C=O) groups excluding carboxylic acids is 2. The molecule has 2 aromatic carbocycles. The summed E-state index contributed by atoms with van der Waals surface area (Å²) >= 11 is 1.42. The van der Waals surface area contributed by atoms with E-state index in [1.165, 1.54) is 22.5 Å². The number of aryl methyl sites for hydroxylation is 1. The number of nitrogens with zero attached hydrogens (tertiary/aromatic N) is 1. The molecular weight excluding hydrogens is 462 g/mol. The fourth-order valence-electron chi connectivity index (χ4n) is 4.19. The fourth-order valence-corrected chi connectivity index (χ4v) is 5.03. The Morgan fingerprint density at radius 2 is 1.89 bits per heavy atom. The second-order valence-corrected chi connectivity index (χ2v) is 9.30. The van der Waals surface area contributed by atoms with Gasteiger partial charge >= 0.3 is 0 Å². The lowest BCUT2D eigenvalue weighted by Crippen LogP contribution is -2.28. The number of aliphatic hydroxyl groups is 1. The van der Waals surface area contributed by atoms with Crippen LogP contribution in [-0.4, -0.2) is 21.7 Å². The molecule has 1 amide bonds. The van der Waals surface area contributed by atoms with Crippen molar-refractivity contribution in [2.75, 3.05) is 0 Å². The minimum atomic E-state index is -0.716. The van der Waals surface area contributed by atoms with Gasteiger partial charge in [0.1, 0.15) is 29.9 Å². The maximum atomic E-state index is 13.1. The third kappa shape index (κ3) is 4.63. The molecule has 176 valence electrons. The number of ketones is 1. The molecule has 0 bridgehead atoms. The number of hydrogen-bond acceptors (Lipinski definition) is 6. The SMILES string of the molecule is Cc1cccc(COc2ccc(C(O)=C3C(=O)C(=O)N(Cc4ccco4)C3c3cccs3)cc2)c1. The van der Waals surface area contributed by atoms with Crippen molar-refractivity contribution in [3.8, 4) is 5.75 Å². The van der Waals surface area contributed by atoms with Crippen molar-refractivity contribution in [1.82, 2.24) is 4.90 Å². The Balaban J connectivity index is 1.43. The Labute approximate surface area is 206 Å². The van der Waals surface area contributed by atoms with Crippen LogP contribution in [-0.2, 0) is 22.7 Å². The Morgan fingerprint density at radius 1 is 1.06 bits per heavy atom. The zero-order valence-electron chi connectivity index (χ0n) is 19.0. The summed E-state index contributed by atoms with van der Waals surface area (Å²) in [5, 5.41) is 13.0. The molecule has 6 nitrogen and oxygen atoms in total. The number of aliphatic hydroxyl groups excluding tert-OH is 1. The normalized spacial score (nSPS) is 17.2. The molecule has 0 aliphatic carbocycles. The molecule has 1 saturated heterocycles. The highest BCUT2D eigenvalue weighted by Gasteiger charge is 2.46. The Morgan fingerprint density at radius 3 is 2.57 bits per heavy atom. The molecule has 35 heavy (non-hydrogen) atoms. The van der Waals surface area contributed by atoms with Crippen LogP contribution in [0.5, 0.6) is 5.75 Å². The second-order valence-electron chi connectivity index (χ2n) is 8.32. The zero-order chi connectivity index (χ0) is 24.4. The number of amides is 1. The predicted molar refractivity (Wildman–Crippen MR) is 133 cm³/mol. The highest BCUT2D eigenvalue weighted by Crippen LogP contribution is 2.42. The molecule has 0 radical (unpaired) electrons. The van der Waals surface area contributed by atoms with Crippen molar-refractivity contribution < 1.29 is 23.8 Å². The number of likely N-dealkylation sites (tertiary alicyclic amines) is 1. The summed E-state index contributed by atoms with van der Waals surface area (Å²) in [5.41, 5.74) is 2.72. The van der Waals surface area contributed by atoms with Gasteiger partial charge in [0.25, 0.3) is 11.7 Å². The van der Waals surface area contributed by atoms with Crippen molar-refractivity contribution in [3.63, 3.8) is 0 Å². The standard InChI is InChI=1S/C28H23NO5S/c1-18-5-2-6-19(15-18)17-34-21-11-9-20(10-12-21)26(30)24-25(23-8-4-14-35-23)29(28(32)27(24)31)16-22-7-3-13-33-22/h2-15,25,30H,16-17H2,1H3. The second kappa shape index (κ2) is 9.64. The highest BCUT2D eigenvalue weighted by atomic mass is 32.1. The molecular formula is C28H23NO5S. The van der Waals surface area contributed by atoms with Crippen LogP contribution in [0.1, 0.15) is 33.4 Å². The van der Waals surface area contributed by atoms with E-state index in [1.807, 2.05) is 42.6 Å². The van der Waals surface area contributed by atoms with Gasteiger partial charge in [-0.25, -0.2) is 0 Å². The van der Waals surface area contributed by atoms with E-state index in [0.717, 1.165) is 16.0 Å². The quantitative estimate of drug-likeness (QED) is 0.202. The van der Waals surface area contributed by atoms with Crippen LogP contribution in [0.15, 0.2) is 94.4 Å². The first-order valence-electron chi connectivity index (χ1n) is 11.1. The fraction of sp³-hybridized carbons (Fsp3) is 0.143. The molecule has 0 spiro atoms. The number of hydrogen-bond donors (Lipinski definition) is 1. The van der Waals surface area contributed by atoms with Gasteiger partial charge < -0.3 is 19.2 Å². The first-order valence-corrected chi connectivity index (χ1v) is 12.0. The molecule has 2 aromatic heterocycles. The van der Waals surface area contributed by atoms with Crippen LogP contribution < -0.4 is 4.74 Å². The van der Waals surface area contributed by atoms with Gasteiger partial charge in [-0.2, -0.15) is 0 Å². The van der Waals surface area contributed by atoms with Crippen LogP contribution in [0.25, 0.3) is 5.76 Å². The van der Waals surface area contributed by atoms with E-state index in [4.69, 9.17) is 9.15 Å². The number of carbonyl (C=O) groups is 2. The van der Waals surface area contributed by atoms with E-state index in [-0.39, 0.29) is 17.9 Å². The minimum Gasteiger partial charge on any atom is -0.507 e. The van der Waals surface area contributed by atoms with Crippen LogP contribution in [0.2, 0.25) is 0 Å². The highest BCUT2D eigenvalue weighted by molar-refractivity contribution is 7.10. The largest absolute Gasteiger partial charge is 0.507 e. The summed E-state index contributed by atoms with van der Waals surface area (Å²) in [5.74, 6) is -0.402. The summed E-state index contributed by atoms with van der Waals surface area (Å²) in [6, 6.07) is 21.4. The van der Waals surface area contributed by atoms with Gasteiger partial charge in [-0.05, 0) is 60.3 Å². The number of ether oxygens (including phenoxy) is 1. The van der Waals surface area contributed by atoms with E-state index < -0.39 is 17.7 Å². The predicted octanol–water partition coefficient (Wildman–Crippen LogP) is 5.85. The molecule has 0 saturated carbocycles. The van der Waals surface area contributed by atoms with Gasteiger partial charge in [-0.15, -0.1) is 11.3 Å². The van der Waals surface area contributed by atoms with Crippen molar-refractivity contribution >= 4 is 28.8 Å². The van der Waals surface area contributed by atoms with Crippen LogP contribution >= 0.6 is 11.3 Å². The van der Waals surface area contributed by atoms with E-state index >= 15 is 0 Å². The Hall–Kier alpha value is -4.10. The van der Waals surface area contributed by atoms with Gasteiger partial charge in [0.05, 0.1) is 18.4 Å². The summed E-state index contributed by atoms with van der Waals surface area (Å²) in [7, 11) is 0. The Bertz CT molecular complexity index is 1370. The van der Waals surface area contributed by atoms with Gasteiger partial charge in [0.15, 0.2) is 0 Å². The molecule has 3 heterocycles. The monoisotopic (exact) mass is 485 g/mol. The lowest BCUT2D eigenvalue weighted by molar-refractivity contribution is -0.140. The third-order valence-electron chi connectivity index (χ3n) is 5.87. The summed E-state index contributed by atoms with van der Waals surface area (Å²) in [6.45, 7) is 2.58. The number of rotatable bonds is 7. The number of thiophene rings is 1. The van der Waals surface area contributed by atoms with Crippen molar-refractivity contribution in [3.05, 3.63) is 117 Å². The molecule has 1 atom stereocenters. The number of furan rings is 1. The maximum Gasteiger partial charge on any atom is 0.296 e. The zero-order valence-corrected chi connectivity index (χ0v) is 19.8. The van der Waals surface area contributed by atoms with Crippen molar-refractivity contribution in [2.24, 2.45) is 0 Å². The van der Waals surface area contributed by atoms with Gasteiger partial charge in [0, 0.05) is 10.4 Å². The van der Waals surface area contributed by atoms with E-state index in [2.05, 4.69) is 6.07 Å². The summed E-state index contributed by atoms with van der Waals surface area (Å²) in [4.78, 5) is 28.2. The summed E-state index contributed by atoms with van der Waals surface area (Å²) in [6.07, 6.45) is 1.52. The molecule has 1 N–H and O–H groups in total. The molecule has 1 unspecified atom stereocenters. The van der Waals surface area contributed by atoms with E-state index in [1.54, 1.807) is 36.4 Å². The molecule has 4 aromatic rings. The summed E-state index contributed by atoms with van der Waals surface area (Å²) < 4.78 is 11.3. The van der Waals surface area contributed by atoms with Crippen LogP contribution in [0.4, 0.5) is 0 Å². The molecule has 1 aliphatic rings. The maximum absolute atomic E-state index is 13.1. The average molecular weight is 486 g/mol. The molecule has 5 rings (SSSR count). The lowest BCUT2D eigenvalue weighted by atomic mass is 10.00. The molecule has 1 fully saturated rings. The first kappa shape index (κ1) is 22.7. The van der Waals surface area contributed by atoms with Crippen LogP contribution in [0.3, 0.4) is 0 Å². The van der Waals surface area contributed by atoms with Crippen LogP contribution in [0, 0.1) is 6.92 Å². The topological polar surface area (TPSA) is 80.0 Å². The first-order chi connectivity index (χ1) is 17.0. The Kier molecular flexibility index (Phi) is 6.25. The van der Waals surface area contributed by atoms with Gasteiger partial charge in [-0.3, -0.25) is 9.59 Å². The number of Topliss-reactive ketones (excluding diaryl/α,β-unsaturated/α-hetero) is 1. The smallest absolute Gasteiger partial charge is 0.296 e. The van der Waals surface area contributed by atoms with E-state index in [0.29, 0.717) is 23.7 Å².